The molecule has 1 nitrogen and oxygen atoms in total. The molecule has 1 atom stereocenters. The van der Waals surface area contributed by atoms with Crippen molar-refractivity contribution in [3.63, 3.8) is 0 Å². The zero-order valence-electron chi connectivity index (χ0n) is 14.3. The largest absolute Gasteiger partial charge is 0.373 e. The Balaban J connectivity index is -0.0000000811. The first-order chi connectivity index (χ1) is 9.22. The van der Waals surface area contributed by atoms with Gasteiger partial charge in [0.25, 0.3) is 0 Å². The number of hydrogen-bond acceptors (Lipinski definition) is 1. The monoisotopic (exact) mass is 300 g/mol. The van der Waals surface area contributed by atoms with Crippen molar-refractivity contribution in [2.75, 3.05) is 6.61 Å². The number of terminal acetylenes is 1. The first-order valence-corrected chi connectivity index (χ1v) is 7.16. The van der Waals surface area contributed by atoms with Crippen LogP contribution in [0.5, 0.6) is 0 Å². The topological polar surface area (TPSA) is 12.5 Å². The van der Waals surface area contributed by atoms with Crippen molar-refractivity contribution < 1.29 is 4.74 Å². The maximum atomic E-state index is 5.08. The molecule has 1 heterocycles. The fraction of sp³-hybridized carbons (Fsp3) is 0.556. The molecule has 0 bridgehead atoms. The van der Waals surface area contributed by atoms with Crippen LogP contribution in [0.15, 0.2) is 36.4 Å². The second kappa shape index (κ2) is 26.6. The Bertz CT molecular complexity index is 237. The van der Waals surface area contributed by atoms with Crippen LogP contribution < -0.4 is 0 Å². The minimum atomic E-state index is 0.634. The van der Waals surface area contributed by atoms with Crippen LogP contribution in [0.2, 0.25) is 0 Å². The van der Waals surface area contributed by atoms with E-state index in [1.165, 1.54) is 12.0 Å². The molecule has 1 aliphatic rings. The molecule has 0 aromatic heterocycles. The summed E-state index contributed by atoms with van der Waals surface area (Å²) in [5.41, 5.74) is 1.17. The third kappa shape index (κ3) is 173. The van der Waals surface area contributed by atoms with Crippen molar-refractivity contribution in [3.05, 3.63) is 36.4 Å². The Kier molecular flexibility index (Phi) is 36.4. The van der Waals surface area contributed by atoms with E-state index in [1.807, 2.05) is 27.7 Å². The molecule has 0 aromatic rings. The highest BCUT2D eigenvalue weighted by Crippen LogP contribution is 2.10. The summed E-state index contributed by atoms with van der Waals surface area (Å²) < 4.78 is 4.86. The first kappa shape index (κ1) is 27.4. The summed E-state index contributed by atoms with van der Waals surface area (Å²) in [5, 5.41) is 0.639. The summed E-state index contributed by atoms with van der Waals surface area (Å²) in [6.07, 6.45) is 9.20. The van der Waals surface area contributed by atoms with Gasteiger partial charge in [-0.15, -0.1) is 25.5 Å². The average Bonchev–Trinajstić information content (AvgIpc) is 3.12. The predicted octanol–water partition coefficient (Wildman–Crippen LogP) is 6.36. The fourth-order valence-corrected chi connectivity index (χ4v) is 0.304. The van der Waals surface area contributed by atoms with Gasteiger partial charge in [0.15, 0.2) is 0 Å². The van der Waals surface area contributed by atoms with Crippen LogP contribution in [-0.4, -0.2) is 12.7 Å². The van der Waals surface area contributed by atoms with Crippen LogP contribution in [0.1, 0.15) is 54.4 Å². The van der Waals surface area contributed by atoms with Gasteiger partial charge in [0.1, 0.15) is 0 Å². The molecule has 1 saturated heterocycles. The van der Waals surface area contributed by atoms with E-state index in [-0.39, 0.29) is 0 Å². The van der Waals surface area contributed by atoms with Gasteiger partial charge >= 0.3 is 0 Å². The summed E-state index contributed by atoms with van der Waals surface area (Å²) >= 11 is 5.08. The zero-order chi connectivity index (χ0) is 17.0. The predicted molar refractivity (Wildman–Crippen MR) is 96.2 cm³/mol. The second-order valence-electron chi connectivity index (χ2n) is 4.21. The van der Waals surface area contributed by atoms with Gasteiger partial charge in [0, 0.05) is 11.5 Å². The van der Waals surface area contributed by atoms with Gasteiger partial charge in [-0.25, -0.2) is 0 Å². The number of allylic oxidation sites excluding steroid dienone is 3. The number of ether oxygens (including phenoxy) is 1. The maximum Gasteiger partial charge on any atom is 0.0807 e. The van der Waals surface area contributed by atoms with Crippen LogP contribution >= 0.6 is 11.6 Å². The maximum absolute atomic E-state index is 5.08. The summed E-state index contributed by atoms with van der Waals surface area (Å²) in [7, 11) is 0. The summed E-state index contributed by atoms with van der Waals surface area (Å²) in [6, 6.07) is 0. The van der Waals surface area contributed by atoms with Gasteiger partial charge in [-0.05, 0) is 34.1 Å². The lowest BCUT2D eigenvalue weighted by molar-refractivity contribution is 0.403. The molecule has 1 fully saturated rings. The minimum Gasteiger partial charge on any atom is -0.373 e. The molecule has 0 aromatic carbocycles. The highest BCUT2D eigenvalue weighted by atomic mass is 35.5. The van der Waals surface area contributed by atoms with E-state index >= 15 is 0 Å². The Labute approximate surface area is 132 Å². The van der Waals surface area contributed by atoms with Gasteiger partial charge in [0.05, 0.1) is 12.7 Å². The number of hydrogen-bond donors (Lipinski definition) is 0. The van der Waals surface area contributed by atoms with Crippen LogP contribution in [0.4, 0.5) is 0 Å². The van der Waals surface area contributed by atoms with Crippen LogP contribution in [-0.2, 0) is 4.74 Å². The Morgan fingerprint density at radius 3 is 1.55 bits per heavy atom. The standard InChI is InChI=1S/C4H8O.C4H8.C4H6.C3H5Cl.C3H6/c1-2-4-3-5-4;1-4(2)3;1-3-4-2;1-3(2)4;1-3-2/h4H,2-3H2,1H3;1H2,2-3H3;1H,4H2,2H3;1H2,2H3;3H,1H2,2H3. The summed E-state index contributed by atoms with van der Waals surface area (Å²) in [4.78, 5) is 0. The molecule has 0 saturated carbocycles. The minimum absolute atomic E-state index is 0.634. The molecule has 0 amide bonds. The zero-order valence-corrected chi connectivity index (χ0v) is 15.0. The first-order valence-electron chi connectivity index (χ1n) is 6.78. The van der Waals surface area contributed by atoms with Crippen molar-refractivity contribution in [1.29, 1.82) is 0 Å². The lowest BCUT2D eigenvalue weighted by atomic mass is 10.4. The molecule has 0 N–H and O–H groups in total. The Morgan fingerprint density at radius 1 is 1.35 bits per heavy atom. The smallest absolute Gasteiger partial charge is 0.0807 e. The lowest BCUT2D eigenvalue weighted by Gasteiger charge is -1.69. The van der Waals surface area contributed by atoms with E-state index < -0.39 is 0 Å². The third-order valence-electron chi connectivity index (χ3n) is 1.06. The molecule has 1 unspecified atom stereocenters. The van der Waals surface area contributed by atoms with Crippen LogP contribution in [0.25, 0.3) is 0 Å². The lowest BCUT2D eigenvalue weighted by Crippen LogP contribution is -1.73. The van der Waals surface area contributed by atoms with E-state index in [2.05, 4.69) is 32.6 Å². The van der Waals surface area contributed by atoms with Crippen LogP contribution in [0, 0.1) is 12.3 Å². The van der Waals surface area contributed by atoms with Crippen LogP contribution in [0.3, 0.4) is 0 Å². The summed E-state index contributed by atoms with van der Waals surface area (Å²) in [6.45, 7) is 22.9. The van der Waals surface area contributed by atoms with Gasteiger partial charge in [-0.1, -0.05) is 43.7 Å². The molecule has 118 valence electrons. The molecule has 0 spiro atoms. The molecule has 2 heteroatoms. The third-order valence-corrected chi connectivity index (χ3v) is 1.06. The molecule has 1 rings (SSSR count). The Hall–Kier alpha value is -0.970. The van der Waals surface area contributed by atoms with Crippen molar-refractivity contribution in [1.82, 2.24) is 0 Å². The van der Waals surface area contributed by atoms with Crippen molar-refractivity contribution in [2.45, 2.75) is 60.5 Å². The molecular weight excluding hydrogens is 268 g/mol. The highest BCUT2D eigenvalue weighted by molar-refractivity contribution is 6.28. The number of epoxide rings is 1. The van der Waals surface area contributed by atoms with E-state index in [0.29, 0.717) is 11.1 Å². The van der Waals surface area contributed by atoms with Gasteiger partial charge in [0.2, 0.25) is 0 Å². The summed E-state index contributed by atoms with van der Waals surface area (Å²) in [5.74, 6) is 2.43. The molecule has 0 radical (unpaired) electrons. The molecule has 0 aliphatic carbocycles. The van der Waals surface area contributed by atoms with Crippen molar-refractivity contribution in [2.24, 2.45) is 0 Å². The highest BCUT2D eigenvalue weighted by Gasteiger charge is 2.18. The van der Waals surface area contributed by atoms with Crippen molar-refractivity contribution in [3.8, 4) is 12.3 Å². The van der Waals surface area contributed by atoms with E-state index in [4.69, 9.17) is 22.8 Å². The Morgan fingerprint density at radius 2 is 1.55 bits per heavy atom. The number of halogens is 1. The van der Waals surface area contributed by atoms with Gasteiger partial charge < -0.3 is 4.74 Å². The normalized spacial score (nSPS) is 12.8. The average molecular weight is 301 g/mol. The number of rotatable bonds is 1. The molecule has 1 aliphatic heterocycles. The fourth-order valence-electron chi connectivity index (χ4n) is 0.304. The molecular formula is C18H33ClO. The quantitative estimate of drug-likeness (QED) is 0.312. The SMILES string of the molecule is C#CCC.C=C(C)C.C=C(C)Cl.C=CC.CCC1CO1. The van der Waals surface area contributed by atoms with E-state index in [9.17, 15) is 0 Å². The van der Waals surface area contributed by atoms with E-state index in [0.717, 1.165) is 13.0 Å². The van der Waals surface area contributed by atoms with Gasteiger partial charge in [-0.2, -0.15) is 0 Å². The second-order valence-corrected chi connectivity index (χ2v) is 4.86. The van der Waals surface area contributed by atoms with Gasteiger partial charge in [-0.3, -0.25) is 0 Å². The van der Waals surface area contributed by atoms with E-state index in [1.54, 1.807) is 13.0 Å². The molecule has 20 heavy (non-hydrogen) atoms. The van der Waals surface area contributed by atoms with Crippen molar-refractivity contribution >= 4 is 11.6 Å².